The summed E-state index contributed by atoms with van der Waals surface area (Å²) in [5, 5.41) is 17.2. The van der Waals surface area contributed by atoms with Gasteiger partial charge in [0.25, 0.3) is 6.47 Å². The first-order valence-electron chi connectivity index (χ1n) is 11.4. The number of carboxylic acid groups (broad SMARTS) is 1. The van der Waals surface area contributed by atoms with E-state index in [1.165, 1.54) is 5.56 Å². The minimum atomic E-state index is -0.648. The summed E-state index contributed by atoms with van der Waals surface area (Å²) in [5.41, 5.74) is 1.18. The Labute approximate surface area is 194 Å². The molecule has 10 heteroatoms. The Hall–Kier alpha value is -2.43. The highest BCUT2D eigenvalue weighted by molar-refractivity contribution is 5.67. The molecule has 186 valence electrons. The first-order valence-corrected chi connectivity index (χ1v) is 11.4. The second-order valence-corrected chi connectivity index (χ2v) is 8.15. The Bertz CT molecular complexity index is 692. The summed E-state index contributed by atoms with van der Waals surface area (Å²) in [4.78, 5) is 26.2. The third kappa shape index (κ3) is 9.93. The fraction of sp³-hybridized carbons (Fsp3) is 0.652. The molecule has 3 rings (SSSR count). The number of aliphatic hydroxyl groups excluding tert-OH is 1. The van der Waals surface area contributed by atoms with Gasteiger partial charge in [-0.05, 0) is 37.5 Å². The van der Waals surface area contributed by atoms with E-state index in [9.17, 15) is 14.3 Å². The zero-order valence-electron chi connectivity index (χ0n) is 19.3. The van der Waals surface area contributed by atoms with Crippen LogP contribution in [0.4, 0.5) is 9.18 Å². The molecular weight excluding hydrogens is 433 g/mol. The summed E-state index contributed by atoms with van der Waals surface area (Å²) < 4.78 is 24.0. The second kappa shape index (κ2) is 14.7. The number of β-amino-alcohol motifs (C(OH)–C–C–N with tert-alkyl or cyclic N) is 1. The van der Waals surface area contributed by atoms with Crippen molar-refractivity contribution in [3.63, 3.8) is 0 Å². The average molecular weight is 470 g/mol. The number of aliphatic hydroxyl groups is 1. The molecule has 2 fully saturated rings. The Kier molecular flexibility index (Phi) is 11.9. The fourth-order valence-electron chi connectivity index (χ4n) is 3.88. The van der Waals surface area contributed by atoms with Crippen LogP contribution in [-0.2, 0) is 16.1 Å². The number of amides is 1. The van der Waals surface area contributed by atoms with Gasteiger partial charge in [0, 0.05) is 52.4 Å². The Morgan fingerprint density at radius 2 is 1.73 bits per heavy atom. The van der Waals surface area contributed by atoms with E-state index in [1.54, 1.807) is 11.8 Å². The number of alkyl halides is 1. The zero-order valence-corrected chi connectivity index (χ0v) is 19.3. The van der Waals surface area contributed by atoms with Crippen molar-refractivity contribution < 1.29 is 33.7 Å². The molecule has 1 aromatic carbocycles. The van der Waals surface area contributed by atoms with Gasteiger partial charge < -0.3 is 24.6 Å². The molecule has 0 bridgehead atoms. The largest absolute Gasteiger partial charge is 0.491 e. The molecule has 0 aliphatic carbocycles. The van der Waals surface area contributed by atoms with Crippen molar-refractivity contribution in [3.05, 3.63) is 29.8 Å². The topological polar surface area (TPSA) is 103 Å². The number of likely N-dealkylation sites (tertiary alicyclic amines) is 1. The second-order valence-electron chi connectivity index (χ2n) is 8.15. The number of benzene rings is 1. The smallest absolute Gasteiger partial charge is 0.409 e. The number of piperazine rings is 1. The third-order valence-electron chi connectivity index (χ3n) is 5.66. The van der Waals surface area contributed by atoms with Crippen LogP contribution < -0.4 is 4.74 Å². The van der Waals surface area contributed by atoms with Crippen LogP contribution in [0.2, 0.25) is 0 Å². The van der Waals surface area contributed by atoms with E-state index in [1.807, 2.05) is 24.3 Å². The lowest BCUT2D eigenvalue weighted by Gasteiger charge is -2.34. The van der Waals surface area contributed by atoms with Gasteiger partial charge in [-0.15, -0.1) is 0 Å². The van der Waals surface area contributed by atoms with Crippen LogP contribution in [0.5, 0.6) is 5.75 Å². The van der Waals surface area contributed by atoms with Gasteiger partial charge >= 0.3 is 6.09 Å². The molecule has 0 radical (unpaired) electrons. The monoisotopic (exact) mass is 469 g/mol. The third-order valence-corrected chi connectivity index (χ3v) is 5.66. The normalized spacial score (nSPS) is 18.7. The van der Waals surface area contributed by atoms with Crippen molar-refractivity contribution in [1.29, 1.82) is 0 Å². The van der Waals surface area contributed by atoms with Crippen LogP contribution in [-0.4, -0.2) is 109 Å². The summed E-state index contributed by atoms with van der Waals surface area (Å²) in [6.07, 6.45) is -0.268. The van der Waals surface area contributed by atoms with Gasteiger partial charge in [0.15, 0.2) is 0 Å². The maximum atomic E-state index is 13.2. The van der Waals surface area contributed by atoms with Gasteiger partial charge in [0.1, 0.15) is 24.6 Å². The molecule has 1 unspecified atom stereocenters. The Balaban J connectivity index is 0.00000122. The minimum absolute atomic E-state index is 0.224. The molecule has 9 nitrogen and oxygen atoms in total. The van der Waals surface area contributed by atoms with Crippen LogP contribution in [0.25, 0.3) is 0 Å². The van der Waals surface area contributed by atoms with E-state index >= 15 is 0 Å². The number of nitrogens with zero attached hydrogens (tertiary/aromatic N) is 3. The first kappa shape index (κ1) is 26.8. The Morgan fingerprint density at radius 1 is 1.12 bits per heavy atom. The van der Waals surface area contributed by atoms with E-state index in [2.05, 4.69) is 9.80 Å². The number of halogens is 1. The van der Waals surface area contributed by atoms with E-state index in [-0.39, 0.29) is 19.2 Å². The van der Waals surface area contributed by atoms with Gasteiger partial charge in [0.05, 0.1) is 6.61 Å². The number of hydrogen-bond acceptors (Lipinski definition) is 7. The number of carbonyl (C=O) groups is 2. The van der Waals surface area contributed by atoms with Crippen molar-refractivity contribution >= 4 is 12.6 Å². The molecule has 1 aromatic rings. The van der Waals surface area contributed by atoms with Gasteiger partial charge in [-0.1, -0.05) is 12.1 Å². The summed E-state index contributed by atoms with van der Waals surface area (Å²) >= 11 is 0. The molecule has 2 saturated heterocycles. The number of hydrogen-bond donors (Lipinski definition) is 2. The van der Waals surface area contributed by atoms with Crippen molar-refractivity contribution in [2.75, 3.05) is 59.0 Å². The molecule has 0 spiro atoms. The molecule has 2 aliphatic rings. The molecule has 1 amide bonds. The Morgan fingerprint density at radius 3 is 2.30 bits per heavy atom. The van der Waals surface area contributed by atoms with E-state index in [0.29, 0.717) is 52.2 Å². The first-order chi connectivity index (χ1) is 15.9. The molecule has 2 heterocycles. The quantitative estimate of drug-likeness (QED) is 0.556. The van der Waals surface area contributed by atoms with Gasteiger partial charge in [0.2, 0.25) is 0 Å². The lowest BCUT2D eigenvalue weighted by molar-refractivity contribution is -0.122. The average Bonchev–Trinajstić information content (AvgIpc) is 2.81. The van der Waals surface area contributed by atoms with Crippen molar-refractivity contribution in [3.8, 4) is 5.75 Å². The summed E-state index contributed by atoms with van der Waals surface area (Å²) in [5.74, 6) is 0.729. The van der Waals surface area contributed by atoms with E-state index in [0.717, 1.165) is 25.4 Å². The predicted octanol–water partition coefficient (Wildman–Crippen LogP) is 1.84. The standard InChI is InChI=1S/C22H34FN3O4.CH2O2/c1-2-29-22(28)26-13-11-25(12-14-26)16-20(27)17-30-21-5-3-18(4-6-21)15-24-9-7-19(23)8-10-24;2-1-3/h3-6,19-20,27H,2,7-17H2,1H3;1H,(H,2,3). The number of ether oxygens (including phenoxy) is 2. The lowest BCUT2D eigenvalue weighted by Crippen LogP contribution is -2.51. The molecule has 2 N–H and O–H groups in total. The van der Waals surface area contributed by atoms with Crippen LogP contribution in [0.3, 0.4) is 0 Å². The highest BCUT2D eigenvalue weighted by Gasteiger charge is 2.23. The van der Waals surface area contributed by atoms with Crippen molar-refractivity contribution in [2.45, 2.75) is 38.6 Å². The van der Waals surface area contributed by atoms with Gasteiger partial charge in [-0.25, -0.2) is 9.18 Å². The van der Waals surface area contributed by atoms with Crippen LogP contribution in [0.15, 0.2) is 24.3 Å². The van der Waals surface area contributed by atoms with Crippen molar-refractivity contribution in [2.24, 2.45) is 0 Å². The van der Waals surface area contributed by atoms with Gasteiger partial charge in [-0.2, -0.15) is 0 Å². The van der Waals surface area contributed by atoms with E-state index in [4.69, 9.17) is 19.4 Å². The molecule has 33 heavy (non-hydrogen) atoms. The molecule has 1 atom stereocenters. The van der Waals surface area contributed by atoms with Crippen LogP contribution >= 0.6 is 0 Å². The number of rotatable bonds is 8. The minimum Gasteiger partial charge on any atom is -0.491 e. The summed E-state index contributed by atoms with van der Waals surface area (Å²) in [7, 11) is 0. The number of carbonyl (C=O) groups excluding carboxylic acids is 1. The summed E-state index contributed by atoms with van der Waals surface area (Å²) in [6, 6.07) is 7.89. The van der Waals surface area contributed by atoms with Gasteiger partial charge in [-0.3, -0.25) is 14.6 Å². The molecule has 0 aromatic heterocycles. The van der Waals surface area contributed by atoms with Crippen LogP contribution in [0, 0.1) is 0 Å². The predicted molar refractivity (Wildman–Crippen MR) is 121 cm³/mol. The maximum Gasteiger partial charge on any atom is 0.409 e. The fourth-order valence-corrected chi connectivity index (χ4v) is 3.88. The summed E-state index contributed by atoms with van der Waals surface area (Å²) in [6.45, 7) is 7.75. The highest BCUT2D eigenvalue weighted by atomic mass is 19.1. The highest BCUT2D eigenvalue weighted by Crippen LogP contribution is 2.18. The lowest BCUT2D eigenvalue weighted by atomic mass is 10.1. The van der Waals surface area contributed by atoms with Crippen molar-refractivity contribution in [1.82, 2.24) is 14.7 Å². The number of piperidine rings is 1. The molecule has 2 aliphatic heterocycles. The van der Waals surface area contributed by atoms with Crippen LogP contribution in [0.1, 0.15) is 25.3 Å². The maximum absolute atomic E-state index is 13.2. The SMILES string of the molecule is CCOC(=O)N1CCN(CC(O)COc2ccc(CN3CCC(F)CC3)cc2)CC1.O=CO. The van der Waals surface area contributed by atoms with E-state index < -0.39 is 12.3 Å². The molecule has 0 saturated carbocycles. The zero-order chi connectivity index (χ0) is 24.1. The molecular formula is C23H36FN3O6.